The number of anilines is 1. The Kier molecular flexibility index (Phi) is 7.21. The van der Waals surface area contributed by atoms with E-state index in [0.717, 1.165) is 25.7 Å². The lowest BCUT2D eigenvalue weighted by Gasteiger charge is -2.36. The number of amides is 1. The molecule has 1 aliphatic heterocycles. The van der Waals surface area contributed by atoms with Gasteiger partial charge in [-0.15, -0.1) is 0 Å². The fraction of sp³-hybridized carbons (Fsp3) is 0.667. The minimum Gasteiger partial charge on any atom is -0.369 e. The number of alkyl halides is 3. The lowest BCUT2D eigenvalue weighted by molar-refractivity contribution is -0.137. The smallest absolute Gasteiger partial charge is 0.369 e. The van der Waals surface area contributed by atoms with Gasteiger partial charge in [-0.2, -0.15) is 13.2 Å². The molecule has 0 bridgehead atoms. The van der Waals surface area contributed by atoms with Gasteiger partial charge < -0.3 is 10.2 Å². The van der Waals surface area contributed by atoms with Crippen molar-refractivity contribution in [3.8, 4) is 0 Å². The summed E-state index contributed by atoms with van der Waals surface area (Å²) in [5.74, 6) is 0.694. The molecular weight excluding hydrogens is 367 g/mol. The first kappa shape index (κ1) is 21.0. The van der Waals surface area contributed by atoms with E-state index >= 15 is 0 Å². The van der Waals surface area contributed by atoms with E-state index in [-0.39, 0.29) is 5.91 Å². The molecule has 0 radical (unpaired) electrons. The lowest BCUT2D eigenvalue weighted by Crippen LogP contribution is -2.48. The van der Waals surface area contributed by atoms with Crippen LogP contribution in [0.1, 0.15) is 44.1 Å². The molecule has 7 heteroatoms. The molecule has 0 spiro atoms. The predicted octanol–water partition coefficient (Wildman–Crippen LogP) is 3.91. The van der Waals surface area contributed by atoms with Gasteiger partial charge in [-0.05, 0) is 37.0 Å². The van der Waals surface area contributed by atoms with Gasteiger partial charge >= 0.3 is 6.18 Å². The van der Waals surface area contributed by atoms with Crippen LogP contribution in [0.25, 0.3) is 0 Å². The number of hydrogen-bond donors (Lipinski definition) is 1. The summed E-state index contributed by atoms with van der Waals surface area (Å²) in [5, 5.41) is 3.03. The quantitative estimate of drug-likeness (QED) is 0.791. The molecule has 1 N–H and O–H groups in total. The summed E-state index contributed by atoms with van der Waals surface area (Å²) in [7, 11) is 0. The van der Waals surface area contributed by atoms with Gasteiger partial charge in [0.2, 0.25) is 5.91 Å². The van der Waals surface area contributed by atoms with E-state index in [9.17, 15) is 18.0 Å². The van der Waals surface area contributed by atoms with Crippen LogP contribution < -0.4 is 10.2 Å². The standard InChI is InChI=1S/C21H30F3N3O/c22-21(23,24)18-7-4-8-19(16-18)27-13-11-26(12-14-27)10-9-25-20(28)15-17-5-2-1-3-6-17/h4,7-8,16-17H,1-3,5-6,9-15H2,(H,25,28). The average Bonchev–Trinajstić information content (AvgIpc) is 2.69. The minimum atomic E-state index is -4.31. The molecule has 0 atom stereocenters. The van der Waals surface area contributed by atoms with E-state index < -0.39 is 11.7 Å². The molecule has 4 nitrogen and oxygen atoms in total. The Bertz CT molecular complexity index is 636. The van der Waals surface area contributed by atoms with Crippen LogP contribution >= 0.6 is 0 Å². The van der Waals surface area contributed by atoms with Crippen molar-refractivity contribution in [1.82, 2.24) is 10.2 Å². The lowest BCUT2D eigenvalue weighted by atomic mass is 9.87. The molecule has 1 aromatic carbocycles. The maximum atomic E-state index is 12.9. The zero-order valence-corrected chi connectivity index (χ0v) is 16.3. The average molecular weight is 397 g/mol. The summed E-state index contributed by atoms with van der Waals surface area (Å²) in [5.41, 5.74) is 0.0170. The topological polar surface area (TPSA) is 35.6 Å². The van der Waals surface area contributed by atoms with E-state index in [2.05, 4.69) is 10.2 Å². The van der Waals surface area contributed by atoms with E-state index in [4.69, 9.17) is 0 Å². The van der Waals surface area contributed by atoms with E-state index in [1.807, 2.05) is 4.90 Å². The molecule has 2 aliphatic rings. The van der Waals surface area contributed by atoms with Crippen molar-refractivity contribution in [2.45, 2.75) is 44.7 Å². The van der Waals surface area contributed by atoms with Crippen LogP contribution in [0.5, 0.6) is 0 Å². The second-order valence-corrected chi connectivity index (χ2v) is 7.93. The van der Waals surface area contributed by atoms with Crippen LogP contribution in [0.3, 0.4) is 0 Å². The number of carbonyl (C=O) groups excluding carboxylic acids is 1. The molecule has 3 rings (SSSR count). The molecule has 0 aromatic heterocycles. The number of halogens is 3. The number of hydrogen-bond acceptors (Lipinski definition) is 3. The van der Waals surface area contributed by atoms with Crippen LogP contribution in [0.2, 0.25) is 0 Å². The Morgan fingerprint density at radius 2 is 1.79 bits per heavy atom. The van der Waals surface area contributed by atoms with Gasteiger partial charge in [-0.3, -0.25) is 9.69 Å². The largest absolute Gasteiger partial charge is 0.416 e. The highest BCUT2D eigenvalue weighted by Gasteiger charge is 2.31. The third kappa shape index (κ3) is 6.12. The third-order valence-corrected chi connectivity index (χ3v) is 5.86. The molecule has 1 aromatic rings. The second kappa shape index (κ2) is 9.63. The molecule has 28 heavy (non-hydrogen) atoms. The molecule has 1 amide bonds. The molecular formula is C21H30F3N3O. The van der Waals surface area contributed by atoms with Gasteiger partial charge in [0.1, 0.15) is 0 Å². The number of nitrogens with one attached hydrogen (secondary N) is 1. The van der Waals surface area contributed by atoms with Gasteiger partial charge in [0, 0.05) is 51.4 Å². The van der Waals surface area contributed by atoms with Crippen molar-refractivity contribution in [1.29, 1.82) is 0 Å². The molecule has 156 valence electrons. The van der Waals surface area contributed by atoms with Gasteiger partial charge in [-0.1, -0.05) is 25.3 Å². The number of nitrogens with zero attached hydrogens (tertiary/aromatic N) is 2. The SMILES string of the molecule is O=C(CC1CCCCC1)NCCN1CCN(c2cccc(C(F)(F)F)c2)CC1. The van der Waals surface area contributed by atoms with Crippen molar-refractivity contribution in [3.05, 3.63) is 29.8 Å². The summed E-state index contributed by atoms with van der Waals surface area (Å²) in [6, 6.07) is 5.53. The summed E-state index contributed by atoms with van der Waals surface area (Å²) in [4.78, 5) is 16.3. The maximum Gasteiger partial charge on any atom is 0.416 e. The van der Waals surface area contributed by atoms with Crippen LogP contribution in [0.4, 0.5) is 18.9 Å². The van der Waals surface area contributed by atoms with Crippen LogP contribution in [-0.2, 0) is 11.0 Å². The summed E-state index contributed by atoms with van der Waals surface area (Å²) in [6.45, 7) is 4.38. The highest BCUT2D eigenvalue weighted by Crippen LogP contribution is 2.32. The maximum absolute atomic E-state index is 12.9. The van der Waals surface area contributed by atoms with Gasteiger partial charge in [0.05, 0.1) is 5.56 Å². The Morgan fingerprint density at radius 1 is 1.07 bits per heavy atom. The van der Waals surface area contributed by atoms with E-state index in [1.54, 1.807) is 6.07 Å². The third-order valence-electron chi connectivity index (χ3n) is 5.86. The molecule has 1 saturated heterocycles. The van der Waals surface area contributed by atoms with Gasteiger partial charge in [0.25, 0.3) is 0 Å². The zero-order chi connectivity index (χ0) is 20.0. The fourth-order valence-corrected chi connectivity index (χ4v) is 4.19. The Labute approximate surface area is 165 Å². The number of rotatable bonds is 6. The highest BCUT2D eigenvalue weighted by molar-refractivity contribution is 5.76. The van der Waals surface area contributed by atoms with Crippen molar-refractivity contribution in [3.63, 3.8) is 0 Å². The predicted molar refractivity (Wildman–Crippen MR) is 104 cm³/mol. The van der Waals surface area contributed by atoms with E-state index in [0.29, 0.717) is 37.7 Å². The second-order valence-electron chi connectivity index (χ2n) is 7.93. The Hall–Kier alpha value is -1.76. The monoisotopic (exact) mass is 397 g/mol. The molecule has 1 heterocycles. The van der Waals surface area contributed by atoms with Crippen molar-refractivity contribution >= 4 is 11.6 Å². The van der Waals surface area contributed by atoms with E-state index in [1.165, 1.54) is 44.2 Å². The number of carbonyl (C=O) groups is 1. The molecule has 2 fully saturated rings. The summed E-state index contributed by atoms with van der Waals surface area (Å²) < 4.78 is 38.7. The highest BCUT2D eigenvalue weighted by atomic mass is 19.4. The molecule has 0 unspecified atom stereocenters. The van der Waals surface area contributed by atoms with Crippen LogP contribution in [0, 0.1) is 5.92 Å². The Morgan fingerprint density at radius 3 is 2.46 bits per heavy atom. The summed E-state index contributed by atoms with van der Waals surface area (Å²) >= 11 is 0. The molecule has 1 saturated carbocycles. The van der Waals surface area contributed by atoms with Crippen LogP contribution in [0.15, 0.2) is 24.3 Å². The molecule has 1 aliphatic carbocycles. The van der Waals surface area contributed by atoms with Gasteiger partial charge in [0.15, 0.2) is 0 Å². The zero-order valence-electron chi connectivity index (χ0n) is 16.3. The number of piperazine rings is 1. The van der Waals surface area contributed by atoms with Crippen molar-refractivity contribution in [2.24, 2.45) is 5.92 Å². The minimum absolute atomic E-state index is 0.148. The van der Waals surface area contributed by atoms with Crippen molar-refractivity contribution in [2.75, 3.05) is 44.2 Å². The van der Waals surface area contributed by atoms with Gasteiger partial charge in [-0.25, -0.2) is 0 Å². The summed E-state index contributed by atoms with van der Waals surface area (Å²) in [6.07, 6.45) is 2.46. The van der Waals surface area contributed by atoms with Crippen molar-refractivity contribution < 1.29 is 18.0 Å². The first-order chi connectivity index (χ1) is 13.4. The Balaban J connectivity index is 1.37. The number of benzene rings is 1. The van der Waals surface area contributed by atoms with Crippen LogP contribution in [-0.4, -0.2) is 50.1 Å². The first-order valence-corrected chi connectivity index (χ1v) is 10.3. The normalized spacial score (nSPS) is 19.6. The fourth-order valence-electron chi connectivity index (χ4n) is 4.19. The first-order valence-electron chi connectivity index (χ1n) is 10.3.